The molecule has 0 spiro atoms. The number of carbonyl (C=O) groups is 1. The van der Waals surface area contributed by atoms with Gasteiger partial charge in [-0.15, -0.1) is 0 Å². The van der Waals surface area contributed by atoms with Crippen molar-refractivity contribution in [1.82, 2.24) is 5.32 Å². The third-order valence-corrected chi connectivity index (χ3v) is 1.40. The van der Waals surface area contributed by atoms with Gasteiger partial charge < -0.3 is 10.1 Å². The molecule has 1 atom stereocenters. The lowest BCUT2D eigenvalue weighted by Crippen LogP contribution is -2.32. The van der Waals surface area contributed by atoms with Crippen LogP contribution in [0.5, 0.6) is 0 Å². The third-order valence-electron chi connectivity index (χ3n) is 1.40. The van der Waals surface area contributed by atoms with Gasteiger partial charge in [0.2, 0.25) is 5.91 Å². The van der Waals surface area contributed by atoms with Crippen LogP contribution in [0.3, 0.4) is 0 Å². The van der Waals surface area contributed by atoms with Gasteiger partial charge in [-0.05, 0) is 6.92 Å². The zero-order valence-electron chi connectivity index (χ0n) is 8.10. The molecule has 0 aromatic carbocycles. The molecule has 86 valence electrons. The Bertz CT molecular complexity index is 247. The number of hydrogen-bond donors (Lipinski definition) is 1. The molecule has 0 fully saturated rings. The largest absolute Gasteiger partial charge is 0.411 e. The van der Waals surface area contributed by atoms with E-state index >= 15 is 0 Å². The second-order valence-corrected chi connectivity index (χ2v) is 2.81. The van der Waals surface area contributed by atoms with Gasteiger partial charge >= 0.3 is 6.18 Å². The number of hydrogen-bond acceptors (Lipinski definition) is 3. The van der Waals surface area contributed by atoms with Gasteiger partial charge in [0.05, 0.1) is 12.7 Å². The predicted molar refractivity (Wildman–Crippen MR) is 44.7 cm³/mol. The minimum Gasteiger partial charge on any atom is -0.370 e. The number of carbonyl (C=O) groups excluding carboxylic acids is 1. The van der Waals surface area contributed by atoms with Crippen LogP contribution in [0.4, 0.5) is 13.2 Å². The Labute approximate surface area is 85.0 Å². The second kappa shape index (κ2) is 6.24. The maximum absolute atomic E-state index is 11.6. The fourth-order valence-electron chi connectivity index (χ4n) is 0.646. The average Bonchev–Trinajstić information content (AvgIpc) is 2.14. The topological polar surface area (TPSA) is 62.1 Å². The van der Waals surface area contributed by atoms with E-state index < -0.39 is 24.6 Å². The van der Waals surface area contributed by atoms with Gasteiger partial charge in [0.15, 0.2) is 0 Å². The third kappa shape index (κ3) is 7.76. The Kier molecular flexibility index (Phi) is 5.70. The van der Waals surface area contributed by atoms with Crippen LogP contribution in [0.15, 0.2) is 0 Å². The first kappa shape index (κ1) is 13.7. The van der Waals surface area contributed by atoms with Crippen molar-refractivity contribution in [2.75, 3.05) is 19.8 Å². The Hall–Kier alpha value is -1.29. The Morgan fingerprint density at radius 3 is 2.67 bits per heavy atom. The lowest BCUT2D eigenvalue weighted by atomic mass is 10.2. The van der Waals surface area contributed by atoms with Crippen molar-refractivity contribution < 1.29 is 22.7 Å². The van der Waals surface area contributed by atoms with Crippen molar-refractivity contribution in [3.05, 3.63) is 0 Å². The number of nitrogens with zero attached hydrogens (tertiary/aromatic N) is 1. The molecule has 0 aromatic heterocycles. The lowest BCUT2D eigenvalue weighted by Gasteiger charge is -2.08. The van der Waals surface area contributed by atoms with Gasteiger partial charge in [-0.2, -0.15) is 18.4 Å². The van der Waals surface area contributed by atoms with Gasteiger partial charge in [0, 0.05) is 6.54 Å². The normalized spacial score (nSPS) is 13.0. The van der Waals surface area contributed by atoms with Gasteiger partial charge in [-0.1, -0.05) is 0 Å². The first-order valence-electron chi connectivity index (χ1n) is 4.18. The van der Waals surface area contributed by atoms with E-state index in [0.29, 0.717) is 0 Å². The van der Waals surface area contributed by atoms with Crippen LogP contribution in [0, 0.1) is 17.2 Å². The molecule has 1 N–H and O–H groups in total. The highest BCUT2D eigenvalue weighted by Gasteiger charge is 2.27. The first-order chi connectivity index (χ1) is 6.87. The zero-order valence-corrected chi connectivity index (χ0v) is 8.10. The van der Waals surface area contributed by atoms with Crippen LogP contribution in [0.25, 0.3) is 0 Å². The van der Waals surface area contributed by atoms with Crippen molar-refractivity contribution in [2.24, 2.45) is 5.92 Å². The molecule has 1 amide bonds. The summed E-state index contributed by atoms with van der Waals surface area (Å²) in [5.41, 5.74) is 0. The molecule has 0 aliphatic heterocycles. The second-order valence-electron chi connectivity index (χ2n) is 2.81. The number of halogens is 3. The average molecular weight is 224 g/mol. The SMILES string of the molecule is CC(C#N)C(=O)NCCOCC(F)(F)F. The monoisotopic (exact) mass is 224 g/mol. The van der Waals surface area contributed by atoms with E-state index in [0.717, 1.165) is 0 Å². The van der Waals surface area contributed by atoms with E-state index in [1.54, 1.807) is 6.07 Å². The molecular weight excluding hydrogens is 213 g/mol. The van der Waals surface area contributed by atoms with E-state index in [4.69, 9.17) is 5.26 Å². The van der Waals surface area contributed by atoms with Gasteiger partial charge in [0.1, 0.15) is 12.5 Å². The lowest BCUT2D eigenvalue weighted by molar-refractivity contribution is -0.173. The maximum Gasteiger partial charge on any atom is 0.411 e. The summed E-state index contributed by atoms with van der Waals surface area (Å²) in [5.74, 6) is -1.33. The van der Waals surface area contributed by atoms with Crippen molar-refractivity contribution in [2.45, 2.75) is 13.1 Å². The summed E-state index contributed by atoms with van der Waals surface area (Å²) < 4.78 is 38.9. The van der Waals surface area contributed by atoms with Gasteiger partial charge in [-0.25, -0.2) is 0 Å². The molecule has 0 saturated heterocycles. The molecule has 7 heteroatoms. The predicted octanol–water partition coefficient (Wildman–Crippen LogP) is 0.841. The fourth-order valence-corrected chi connectivity index (χ4v) is 0.646. The van der Waals surface area contributed by atoms with Crippen LogP contribution in [0.2, 0.25) is 0 Å². The van der Waals surface area contributed by atoms with Crippen LogP contribution < -0.4 is 5.32 Å². The molecule has 0 rings (SSSR count). The quantitative estimate of drug-likeness (QED) is 0.704. The summed E-state index contributed by atoms with van der Waals surface area (Å²) in [6.07, 6.45) is -4.36. The molecule has 0 aromatic rings. The molecule has 1 unspecified atom stereocenters. The number of rotatable bonds is 5. The maximum atomic E-state index is 11.6. The van der Waals surface area contributed by atoms with E-state index in [1.807, 2.05) is 0 Å². The summed E-state index contributed by atoms with van der Waals surface area (Å²) in [6.45, 7) is -0.215. The molecular formula is C8H11F3N2O2. The number of ether oxygens (including phenoxy) is 1. The van der Waals surface area contributed by atoms with Crippen molar-refractivity contribution in [3.8, 4) is 6.07 Å². The molecule has 0 radical (unpaired) electrons. The fraction of sp³-hybridized carbons (Fsp3) is 0.750. The minimum absolute atomic E-state index is 0.0407. The van der Waals surface area contributed by atoms with E-state index in [9.17, 15) is 18.0 Å². The Morgan fingerprint density at radius 2 is 2.20 bits per heavy atom. The number of alkyl halides is 3. The van der Waals surface area contributed by atoms with Crippen LogP contribution in [0.1, 0.15) is 6.92 Å². The molecule has 0 bridgehead atoms. The molecule has 0 saturated carbocycles. The van der Waals surface area contributed by atoms with E-state index in [-0.39, 0.29) is 13.2 Å². The highest BCUT2D eigenvalue weighted by Crippen LogP contribution is 2.13. The molecule has 0 aliphatic carbocycles. The van der Waals surface area contributed by atoms with Crippen LogP contribution >= 0.6 is 0 Å². The highest BCUT2D eigenvalue weighted by atomic mass is 19.4. The summed E-state index contributed by atoms with van der Waals surface area (Å²) in [7, 11) is 0. The number of nitriles is 1. The smallest absolute Gasteiger partial charge is 0.370 e. The summed E-state index contributed by atoms with van der Waals surface area (Å²) >= 11 is 0. The minimum atomic E-state index is -4.36. The van der Waals surface area contributed by atoms with Crippen LogP contribution in [-0.4, -0.2) is 31.8 Å². The van der Waals surface area contributed by atoms with Gasteiger partial charge in [0.25, 0.3) is 0 Å². The summed E-state index contributed by atoms with van der Waals surface area (Å²) in [5, 5.41) is 10.6. The van der Waals surface area contributed by atoms with E-state index in [2.05, 4.69) is 10.1 Å². The first-order valence-corrected chi connectivity index (χ1v) is 4.18. The zero-order chi connectivity index (χ0) is 11.9. The van der Waals surface area contributed by atoms with Gasteiger partial charge in [-0.3, -0.25) is 4.79 Å². The van der Waals surface area contributed by atoms with Crippen LogP contribution in [-0.2, 0) is 9.53 Å². The molecule has 15 heavy (non-hydrogen) atoms. The van der Waals surface area contributed by atoms with Crippen molar-refractivity contribution >= 4 is 5.91 Å². The highest BCUT2D eigenvalue weighted by molar-refractivity contribution is 5.80. The van der Waals surface area contributed by atoms with Crippen molar-refractivity contribution in [3.63, 3.8) is 0 Å². The Morgan fingerprint density at radius 1 is 1.60 bits per heavy atom. The number of nitrogens with one attached hydrogen (secondary N) is 1. The standard InChI is InChI=1S/C8H11F3N2O2/c1-6(4-12)7(14)13-2-3-15-5-8(9,10)11/h6H,2-3,5H2,1H3,(H,13,14). The molecule has 0 aliphatic rings. The molecule has 4 nitrogen and oxygen atoms in total. The Balaban J connectivity index is 3.48. The van der Waals surface area contributed by atoms with Crippen molar-refractivity contribution in [1.29, 1.82) is 5.26 Å². The van der Waals surface area contributed by atoms with E-state index in [1.165, 1.54) is 6.92 Å². The summed E-state index contributed by atoms with van der Waals surface area (Å²) in [4.78, 5) is 10.9. The summed E-state index contributed by atoms with van der Waals surface area (Å²) in [6, 6.07) is 1.70. The molecule has 0 heterocycles. The number of amides is 1.